The zero-order valence-corrected chi connectivity index (χ0v) is 14.0. The Balaban J connectivity index is 1.48. The Hall–Kier alpha value is -0.860. The Morgan fingerprint density at radius 3 is 2.36 bits per heavy atom. The first-order chi connectivity index (χ1) is 10.8. The number of aromatic nitrogens is 2. The van der Waals surface area contributed by atoms with Gasteiger partial charge in [-0.15, -0.1) is 10.2 Å². The molecule has 3 atom stereocenters. The summed E-state index contributed by atoms with van der Waals surface area (Å²) < 4.78 is 6.22. The third kappa shape index (κ3) is 2.83. The van der Waals surface area contributed by atoms with Crippen LogP contribution in [0.4, 0.5) is 0 Å². The van der Waals surface area contributed by atoms with E-state index in [0.717, 1.165) is 29.5 Å². The summed E-state index contributed by atoms with van der Waals surface area (Å²) in [5.41, 5.74) is 0. The molecular weight excluding hydrogens is 272 g/mol. The molecule has 1 aromatic heterocycles. The predicted molar refractivity (Wildman–Crippen MR) is 86.7 cm³/mol. The van der Waals surface area contributed by atoms with Crippen LogP contribution in [0.25, 0.3) is 0 Å². The summed E-state index contributed by atoms with van der Waals surface area (Å²) in [6.07, 6.45) is 14.8. The van der Waals surface area contributed by atoms with Gasteiger partial charge in [-0.2, -0.15) is 0 Å². The van der Waals surface area contributed by atoms with Gasteiger partial charge in [-0.25, -0.2) is 0 Å². The SMILES string of the molecule is CC1CCC(c2nnc(C3CCCC4CCCCC43)o2)CC1. The number of rotatable bonds is 2. The molecule has 3 unspecified atom stereocenters. The lowest BCUT2D eigenvalue weighted by Gasteiger charge is -2.39. The zero-order chi connectivity index (χ0) is 14.9. The van der Waals surface area contributed by atoms with Crippen LogP contribution in [0.15, 0.2) is 4.42 Å². The molecule has 3 nitrogen and oxygen atoms in total. The molecule has 22 heavy (non-hydrogen) atoms. The Labute approximate surface area is 134 Å². The van der Waals surface area contributed by atoms with Crippen LogP contribution in [0.1, 0.15) is 101 Å². The molecule has 122 valence electrons. The van der Waals surface area contributed by atoms with Crippen molar-refractivity contribution in [2.75, 3.05) is 0 Å². The van der Waals surface area contributed by atoms with Gasteiger partial charge in [0.2, 0.25) is 11.8 Å². The van der Waals surface area contributed by atoms with E-state index in [2.05, 4.69) is 17.1 Å². The van der Waals surface area contributed by atoms with Gasteiger partial charge >= 0.3 is 0 Å². The Bertz CT molecular complexity index is 487. The molecule has 0 aliphatic heterocycles. The van der Waals surface area contributed by atoms with Gasteiger partial charge < -0.3 is 4.42 Å². The van der Waals surface area contributed by atoms with E-state index in [0.29, 0.717) is 11.8 Å². The standard InChI is InChI=1S/C19H30N2O/c1-13-9-11-15(12-10-13)18-20-21-19(22-18)17-8-4-6-14-5-2-3-7-16(14)17/h13-17H,2-12H2,1H3. The molecule has 0 aromatic carbocycles. The molecule has 1 heterocycles. The number of nitrogens with zero attached hydrogens (tertiary/aromatic N) is 2. The lowest BCUT2D eigenvalue weighted by atomic mass is 9.65. The van der Waals surface area contributed by atoms with Crippen molar-refractivity contribution in [1.82, 2.24) is 10.2 Å². The summed E-state index contributed by atoms with van der Waals surface area (Å²) in [6, 6.07) is 0. The second kappa shape index (κ2) is 6.33. The number of hydrogen-bond acceptors (Lipinski definition) is 3. The summed E-state index contributed by atoms with van der Waals surface area (Å²) in [6.45, 7) is 2.36. The van der Waals surface area contributed by atoms with Crippen molar-refractivity contribution in [3.8, 4) is 0 Å². The van der Waals surface area contributed by atoms with Crippen LogP contribution in [0, 0.1) is 17.8 Å². The smallest absolute Gasteiger partial charge is 0.219 e. The van der Waals surface area contributed by atoms with Crippen molar-refractivity contribution in [2.45, 2.75) is 89.4 Å². The molecule has 3 fully saturated rings. The van der Waals surface area contributed by atoms with Gasteiger partial charge in [-0.1, -0.05) is 39.0 Å². The number of hydrogen-bond donors (Lipinski definition) is 0. The van der Waals surface area contributed by atoms with E-state index in [1.807, 2.05) is 0 Å². The summed E-state index contributed by atoms with van der Waals surface area (Å²) >= 11 is 0. The third-order valence-corrected chi connectivity index (χ3v) is 6.71. The first-order valence-corrected chi connectivity index (χ1v) is 9.64. The molecule has 3 aliphatic carbocycles. The van der Waals surface area contributed by atoms with Crippen molar-refractivity contribution >= 4 is 0 Å². The van der Waals surface area contributed by atoms with Crippen LogP contribution in [0.2, 0.25) is 0 Å². The van der Waals surface area contributed by atoms with Crippen molar-refractivity contribution in [3.05, 3.63) is 11.8 Å². The van der Waals surface area contributed by atoms with Crippen LogP contribution < -0.4 is 0 Å². The van der Waals surface area contributed by atoms with E-state index in [1.165, 1.54) is 70.6 Å². The fraction of sp³-hybridized carbons (Fsp3) is 0.895. The fourth-order valence-corrected chi connectivity index (χ4v) is 5.31. The van der Waals surface area contributed by atoms with Gasteiger partial charge in [-0.3, -0.25) is 0 Å². The number of fused-ring (bicyclic) bond motifs is 1. The van der Waals surface area contributed by atoms with E-state index < -0.39 is 0 Å². The van der Waals surface area contributed by atoms with Gasteiger partial charge in [0, 0.05) is 11.8 Å². The topological polar surface area (TPSA) is 38.9 Å². The maximum absolute atomic E-state index is 6.22. The first-order valence-electron chi connectivity index (χ1n) is 9.64. The van der Waals surface area contributed by atoms with Gasteiger partial charge in [0.15, 0.2) is 0 Å². The van der Waals surface area contributed by atoms with E-state index in [9.17, 15) is 0 Å². The highest BCUT2D eigenvalue weighted by atomic mass is 16.4. The monoisotopic (exact) mass is 302 g/mol. The molecule has 0 radical (unpaired) electrons. The minimum atomic E-state index is 0.531. The minimum absolute atomic E-state index is 0.531. The van der Waals surface area contributed by atoms with Gasteiger partial charge in [0.1, 0.15) is 0 Å². The summed E-state index contributed by atoms with van der Waals surface area (Å²) in [4.78, 5) is 0. The maximum Gasteiger partial charge on any atom is 0.219 e. The first kappa shape index (κ1) is 14.7. The molecule has 0 bridgehead atoms. The quantitative estimate of drug-likeness (QED) is 0.730. The Morgan fingerprint density at radius 2 is 1.50 bits per heavy atom. The van der Waals surface area contributed by atoms with Crippen LogP contribution in [-0.2, 0) is 0 Å². The normalized spacial score (nSPS) is 39.4. The van der Waals surface area contributed by atoms with E-state index >= 15 is 0 Å². The largest absolute Gasteiger partial charge is 0.425 e. The van der Waals surface area contributed by atoms with Gasteiger partial charge in [0.25, 0.3) is 0 Å². The van der Waals surface area contributed by atoms with Crippen molar-refractivity contribution in [2.24, 2.45) is 17.8 Å². The van der Waals surface area contributed by atoms with Crippen LogP contribution >= 0.6 is 0 Å². The molecule has 3 heteroatoms. The summed E-state index contributed by atoms with van der Waals surface area (Å²) in [7, 11) is 0. The second-order valence-corrected chi connectivity index (χ2v) is 8.18. The maximum atomic E-state index is 6.22. The van der Waals surface area contributed by atoms with E-state index in [-0.39, 0.29) is 0 Å². The summed E-state index contributed by atoms with van der Waals surface area (Å²) in [5, 5.41) is 8.97. The Kier molecular flexibility index (Phi) is 4.23. The van der Waals surface area contributed by atoms with Crippen molar-refractivity contribution in [1.29, 1.82) is 0 Å². The molecule has 0 saturated heterocycles. The average Bonchev–Trinajstić information content (AvgIpc) is 3.05. The fourth-order valence-electron chi connectivity index (χ4n) is 5.31. The van der Waals surface area contributed by atoms with Gasteiger partial charge in [0.05, 0.1) is 0 Å². The zero-order valence-electron chi connectivity index (χ0n) is 14.0. The van der Waals surface area contributed by atoms with Crippen LogP contribution in [0.3, 0.4) is 0 Å². The lowest BCUT2D eigenvalue weighted by molar-refractivity contribution is 0.127. The molecule has 0 N–H and O–H groups in total. The average molecular weight is 302 g/mol. The van der Waals surface area contributed by atoms with E-state index in [4.69, 9.17) is 4.42 Å². The summed E-state index contributed by atoms with van der Waals surface area (Å²) in [5.74, 6) is 5.64. The highest BCUT2D eigenvalue weighted by Gasteiger charge is 2.38. The molecule has 1 aromatic rings. The highest BCUT2D eigenvalue weighted by Crippen LogP contribution is 2.48. The Morgan fingerprint density at radius 1 is 0.773 bits per heavy atom. The van der Waals surface area contributed by atoms with Gasteiger partial charge in [-0.05, 0) is 56.3 Å². The van der Waals surface area contributed by atoms with Crippen molar-refractivity contribution in [3.63, 3.8) is 0 Å². The van der Waals surface area contributed by atoms with Crippen LogP contribution in [-0.4, -0.2) is 10.2 Å². The molecule has 4 rings (SSSR count). The van der Waals surface area contributed by atoms with Crippen LogP contribution in [0.5, 0.6) is 0 Å². The second-order valence-electron chi connectivity index (χ2n) is 8.18. The lowest BCUT2D eigenvalue weighted by Crippen LogP contribution is -2.29. The molecule has 0 spiro atoms. The molecule has 0 amide bonds. The minimum Gasteiger partial charge on any atom is -0.425 e. The predicted octanol–water partition coefficient (Wildman–Crippen LogP) is 5.44. The molecule has 3 aliphatic rings. The van der Waals surface area contributed by atoms with E-state index in [1.54, 1.807) is 0 Å². The third-order valence-electron chi connectivity index (χ3n) is 6.71. The van der Waals surface area contributed by atoms with Crippen molar-refractivity contribution < 1.29 is 4.42 Å². The highest BCUT2D eigenvalue weighted by molar-refractivity contribution is 5.02. The molecular formula is C19H30N2O. The molecule has 3 saturated carbocycles.